The molecule has 0 heterocycles. The van der Waals surface area contributed by atoms with Crippen LogP contribution >= 0.6 is 12.4 Å². The van der Waals surface area contributed by atoms with Crippen LogP contribution in [-0.4, -0.2) is 12.5 Å². The molecule has 0 fully saturated rings. The molecule has 3 nitrogen and oxygen atoms in total. The molecule has 0 radical (unpaired) electrons. The number of hydrogen-bond donors (Lipinski definition) is 2. The van der Waals surface area contributed by atoms with Gasteiger partial charge in [-0.3, -0.25) is 4.79 Å². The van der Waals surface area contributed by atoms with Crippen LogP contribution in [0.4, 0.5) is 18.9 Å². The summed E-state index contributed by atoms with van der Waals surface area (Å²) in [5, 5.41) is 2.39. The Bertz CT molecular complexity index is 396. The Labute approximate surface area is 109 Å². The van der Waals surface area contributed by atoms with Crippen LogP contribution in [0, 0.1) is 0 Å². The van der Waals surface area contributed by atoms with Crippen molar-refractivity contribution in [2.24, 2.45) is 5.73 Å². The molecule has 0 bridgehead atoms. The summed E-state index contributed by atoms with van der Waals surface area (Å²) in [7, 11) is 0. The Morgan fingerprint density at radius 2 is 2.00 bits per heavy atom. The predicted octanol–water partition coefficient (Wildman–Crippen LogP) is 2.80. The van der Waals surface area contributed by atoms with Crippen LogP contribution in [0.5, 0.6) is 0 Å². The normalized spacial score (nSPS) is 10.7. The topological polar surface area (TPSA) is 55.1 Å². The lowest BCUT2D eigenvalue weighted by Gasteiger charge is -2.09. The highest BCUT2D eigenvalue weighted by molar-refractivity contribution is 5.90. The molecule has 1 aromatic rings. The Morgan fingerprint density at radius 1 is 1.33 bits per heavy atom. The average molecular weight is 283 g/mol. The lowest BCUT2D eigenvalue weighted by atomic mass is 10.2. The summed E-state index contributed by atoms with van der Waals surface area (Å²) < 4.78 is 37.1. The van der Waals surface area contributed by atoms with Gasteiger partial charge in [0.25, 0.3) is 0 Å². The molecule has 0 saturated heterocycles. The summed E-state index contributed by atoms with van der Waals surface area (Å²) in [6, 6.07) is 4.52. The fraction of sp³-hybridized carbons (Fsp3) is 0.364. The number of nitrogens with one attached hydrogen (secondary N) is 1. The number of anilines is 1. The van der Waals surface area contributed by atoms with Crippen LogP contribution in [0.25, 0.3) is 0 Å². The van der Waals surface area contributed by atoms with Gasteiger partial charge >= 0.3 is 6.18 Å². The lowest BCUT2D eigenvalue weighted by molar-refractivity contribution is -0.137. The third kappa shape index (κ3) is 5.37. The number of alkyl halides is 3. The maximum atomic E-state index is 12.4. The molecular weight excluding hydrogens is 269 g/mol. The second kappa shape index (κ2) is 7.23. The van der Waals surface area contributed by atoms with Gasteiger partial charge in [-0.1, -0.05) is 6.07 Å². The maximum absolute atomic E-state index is 12.4. The second-order valence-corrected chi connectivity index (χ2v) is 3.52. The fourth-order valence-corrected chi connectivity index (χ4v) is 1.26. The van der Waals surface area contributed by atoms with Crippen molar-refractivity contribution in [1.82, 2.24) is 0 Å². The minimum atomic E-state index is -4.40. The first-order valence-electron chi connectivity index (χ1n) is 5.10. The minimum absolute atomic E-state index is 0. The molecule has 1 rings (SSSR count). The molecule has 0 aliphatic rings. The van der Waals surface area contributed by atoms with Crippen molar-refractivity contribution in [3.05, 3.63) is 29.8 Å². The summed E-state index contributed by atoms with van der Waals surface area (Å²) >= 11 is 0. The first kappa shape index (κ1) is 16.7. The van der Waals surface area contributed by atoms with E-state index in [1.807, 2.05) is 0 Å². The summed E-state index contributed by atoms with van der Waals surface area (Å²) in [5.41, 5.74) is 4.58. The molecule has 1 amide bonds. The zero-order valence-electron chi connectivity index (χ0n) is 9.46. The number of carbonyl (C=O) groups is 1. The Morgan fingerprint density at radius 3 is 2.56 bits per heavy atom. The molecule has 0 aromatic heterocycles. The molecule has 0 aliphatic carbocycles. The van der Waals surface area contributed by atoms with Gasteiger partial charge in [0.15, 0.2) is 0 Å². The van der Waals surface area contributed by atoms with E-state index in [1.54, 1.807) is 0 Å². The van der Waals surface area contributed by atoms with Gasteiger partial charge in [0.05, 0.1) is 5.56 Å². The first-order chi connectivity index (χ1) is 7.93. The van der Waals surface area contributed by atoms with Crippen molar-refractivity contribution >= 4 is 24.0 Å². The van der Waals surface area contributed by atoms with Gasteiger partial charge in [0, 0.05) is 12.1 Å². The van der Waals surface area contributed by atoms with Gasteiger partial charge in [0.2, 0.25) is 5.91 Å². The van der Waals surface area contributed by atoms with E-state index in [4.69, 9.17) is 5.73 Å². The van der Waals surface area contributed by atoms with E-state index in [9.17, 15) is 18.0 Å². The molecule has 102 valence electrons. The highest BCUT2D eigenvalue weighted by Gasteiger charge is 2.30. The zero-order chi connectivity index (χ0) is 12.9. The molecule has 0 unspecified atom stereocenters. The van der Waals surface area contributed by atoms with Crippen LogP contribution in [0.3, 0.4) is 0 Å². The Kier molecular flexibility index (Phi) is 6.72. The van der Waals surface area contributed by atoms with Crippen molar-refractivity contribution in [2.75, 3.05) is 11.9 Å². The summed E-state index contributed by atoms with van der Waals surface area (Å²) in [6.45, 7) is 0.371. The van der Waals surface area contributed by atoms with E-state index in [-0.39, 0.29) is 30.4 Å². The smallest absolute Gasteiger partial charge is 0.330 e. The third-order valence-electron chi connectivity index (χ3n) is 2.08. The molecule has 0 saturated carbocycles. The highest BCUT2D eigenvalue weighted by Crippen LogP contribution is 2.30. The number of benzene rings is 1. The first-order valence-corrected chi connectivity index (χ1v) is 5.10. The van der Waals surface area contributed by atoms with Gasteiger partial charge in [-0.15, -0.1) is 12.4 Å². The van der Waals surface area contributed by atoms with Gasteiger partial charge in [-0.25, -0.2) is 0 Å². The number of halogens is 4. The van der Waals surface area contributed by atoms with Gasteiger partial charge in [-0.05, 0) is 31.2 Å². The van der Waals surface area contributed by atoms with E-state index in [1.165, 1.54) is 12.1 Å². The van der Waals surface area contributed by atoms with Crippen LogP contribution < -0.4 is 11.1 Å². The molecule has 1 aromatic carbocycles. The number of nitrogens with two attached hydrogens (primary N) is 1. The van der Waals surface area contributed by atoms with E-state index in [2.05, 4.69) is 5.32 Å². The monoisotopic (exact) mass is 282 g/mol. The van der Waals surface area contributed by atoms with Gasteiger partial charge < -0.3 is 11.1 Å². The molecule has 0 atom stereocenters. The molecule has 3 N–H and O–H groups in total. The predicted molar refractivity (Wildman–Crippen MR) is 65.6 cm³/mol. The van der Waals surface area contributed by atoms with Gasteiger partial charge in [0.1, 0.15) is 0 Å². The fourth-order valence-electron chi connectivity index (χ4n) is 1.26. The average Bonchev–Trinajstić information content (AvgIpc) is 2.25. The summed E-state index contributed by atoms with van der Waals surface area (Å²) in [4.78, 5) is 11.3. The molecule has 18 heavy (non-hydrogen) atoms. The number of rotatable bonds is 4. The number of carbonyl (C=O) groups excluding carboxylic acids is 1. The largest absolute Gasteiger partial charge is 0.416 e. The van der Waals surface area contributed by atoms with Crippen molar-refractivity contribution in [3.8, 4) is 0 Å². The van der Waals surface area contributed by atoms with E-state index in [0.29, 0.717) is 13.0 Å². The van der Waals surface area contributed by atoms with Crippen LogP contribution in [-0.2, 0) is 11.0 Å². The third-order valence-corrected chi connectivity index (χ3v) is 2.08. The van der Waals surface area contributed by atoms with Crippen molar-refractivity contribution in [1.29, 1.82) is 0 Å². The van der Waals surface area contributed by atoms with Crippen molar-refractivity contribution < 1.29 is 18.0 Å². The van der Waals surface area contributed by atoms with Crippen LogP contribution in [0.2, 0.25) is 0 Å². The van der Waals surface area contributed by atoms with E-state index >= 15 is 0 Å². The maximum Gasteiger partial charge on any atom is 0.416 e. The second-order valence-electron chi connectivity index (χ2n) is 3.52. The van der Waals surface area contributed by atoms with Crippen molar-refractivity contribution in [3.63, 3.8) is 0 Å². The number of hydrogen-bond acceptors (Lipinski definition) is 2. The van der Waals surface area contributed by atoms with Crippen LogP contribution in [0.15, 0.2) is 24.3 Å². The SMILES string of the molecule is Cl.NCCCC(=O)Nc1cccc(C(F)(F)F)c1. The Hall–Kier alpha value is -1.27. The quantitative estimate of drug-likeness (QED) is 0.892. The van der Waals surface area contributed by atoms with E-state index in [0.717, 1.165) is 12.1 Å². The molecule has 7 heteroatoms. The zero-order valence-corrected chi connectivity index (χ0v) is 10.3. The lowest BCUT2D eigenvalue weighted by Crippen LogP contribution is -2.14. The highest BCUT2D eigenvalue weighted by atomic mass is 35.5. The Balaban J connectivity index is 0.00000289. The molecule has 0 aliphatic heterocycles. The standard InChI is InChI=1S/C11H13F3N2O.ClH/c12-11(13,14)8-3-1-4-9(7-8)16-10(17)5-2-6-15;/h1,3-4,7H,2,5-6,15H2,(H,16,17);1H. The summed E-state index contributed by atoms with van der Waals surface area (Å²) in [5.74, 6) is -0.338. The van der Waals surface area contributed by atoms with Gasteiger partial charge in [-0.2, -0.15) is 13.2 Å². The van der Waals surface area contributed by atoms with Crippen molar-refractivity contribution in [2.45, 2.75) is 19.0 Å². The summed E-state index contributed by atoms with van der Waals surface area (Å²) in [6.07, 6.45) is -3.70. The number of amides is 1. The minimum Gasteiger partial charge on any atom is -0.330 e. The van der Waals surface area contributed by atoms with E-state index < -0.39 is 11.7 Å². The molecule has 0 spiro atoms. The van der Waals surface area contributed by atoms with Crippen LogP contribution in [0.1, 0.15) is 18.4 Å². The molecular formula is C11H14ClF3N2O.